The van der Waals surface area contributed by atoms with Gasteiger partial charge in [0.05, 0.1) is 22.2 Å². The Kier molecular flexibility index (Phi) is 6.73. The Morgan fingerprint density at radius 1 is 1.10 bits per heavy atom. The normalized spacial score (nSPS) is 17.2. The lowest BCUT2D eigenvalue weighted by molar-refractivity contribution is -0.124. The van der Waals surface area contributed by atoms with Gasteiger partial charge in [0.1, 0.15) is 12.3 Å². The highest BCUT2D eigenvalue weighted by atomic mass is 35.5. The number of benzene rings is 1. The fraction of sp³-hybridized carbons (Fsp3) is 0.381. The number of halogens is 2. The minimum atomic E-state index is -0.473. The number of nitrogens with zero attached hydrogens (tertiary/aromatic N) is 3. The molecule has 2 aliphatic heterocycles. The van der Waals surface area contributed by atoms with Gasteiger partial charge in [-0.3, -0.25) is 14.4 Å². The van der Waals surface area contributed by atoms with Crippen LogP contribution in [0.4, 0.5) is 5.69 Å². The van der Waals surface area contributed by atoms with Crippen molar-refractivity contribution in [3.63, 3.8) is 0 Å². The first-order chi connectivity index (χ1) is 14.2. The third kappa shape index (κ3) is 4.47. The van der Waals surface area contributed by atoms with Crippen molar-refractivity contribution in [2.75, 3.05) is 11.6 Å². The number of anilines is 1. The number of amides is 1. The van der Waals surface area contributed by atoms with Gasteiger partial charge in [-0.2, -0.15) is 10.1 Å². The Morgan fingerprint density at radius 2 is 1.73 bits per heavy atom. The van der Waals surface area contributed by atoms with Gasteiger partial charge in [-0.05, 0) is 37.8 Å². The molecule has 0 aliphatic carbocycles. The second kappa shape index (κ2) is 9.10. The van der Waals surface area contributed by atoms with Crippen LogP contribution >= 0.6 is 23.2 Å². The summed E-state index contributed by atoms with van der Waals surface area (Å²) in [4.78, 5) is 40.2. The van der Waals surface area contributed by atoms with E-state index in [9.17, 15) is 14.4 Å². The molecule has 0 bridgehead atoms. The first-order valence-corrected chi connectivity index (χ1v) is 10.4. The van der Waals surface area contributed by atoms with Crippen molar-refractivity contribution in [3.05, 3.63) is 33.8 Å². The van der Waals surface area contributed by atoms with E-state index in [0.717, 1.165) is 17.9 Å². The summed E-state index contributed by atoms with van der Waals surface area (Å²) in [5, 5.41) is 5.41. The fourth-order valence-electron chi connectivity index (χ4n) is 3.31. The van der Waals surface area contributed by atoms with Crippen LogP contribution < -0.4 is 9.75 Å². The summed E-state index contributed by atoms with van der Waals surface area (Å²) in [6, 6.07) is 2.96. The summed E-state index contributed by atoms with van der Waals surface area (Å²) in [7, 11) is 0. The zero-order valence-corrected chi connectivity index (χ0v) is 18.4. The number of aliphatic imine (C=N–C) groups is 1. The molecule has 3 rings (SSSR count). The maximum absolute atomic E-state index is 12.2. The summed E-state index contributed by atoms with van der Waals surface area (Å²) in [6.45, 7) is 5.60. The van der Waals surface area contributed by atoms with E-state index in [0.29, 0.717) is 11.3 Å². The van der Waals surface area contributed by atoms with Crippen LogP contribution in [0.3, 0.4) is 0 Å². The lowest BCUT2D eigenvalue weighted by Gasteiger charge is -2.23. The summed E-state index contributed by atoms with van der Waals surface area (Å²) < 4.78 is 5.81. The molecule has 0 spiro atoms. The Labute approximate surface area is 184 Å². The quantitative estimate of drug-likeness (QED) is 0.623. The van der Waals surface area contributed by atoms with Crippen molar-refractivity contribution in [3.8, 4) is 5.75 Å². The van der Waals surface area contributed by atoms with Gasteiger partial charge in [-0.15, -0.1) is 0 Å². The van der Waals surface area contributed by atoms with Crippen molar-refractivity contribution >= 4 is 58.0 Å². The van der Waals surface area contributed by atoms with Gasteiger partial charge in [0.25, 0.3) is 5.91 Å². The van der Waals surface area contributed by atoms with Crippen LogP contribution in [-0.2, 0) is 14.4 Å². The fourth-order valence-corrected chi connectivity index (χ4v) is 3.86. The summed E-state index contributed by atoms with van der Waals surface area (Å²) in [5.74, 6) is -0.264. The Hall–Kier alpha value is -2.51. The molecule has 0 aromatic heterocycles. The van der Waals surface area contributed by atoms with Gasteiger partial charge in [-0.25, -0.2) is 4.99 Å². The second-order valence-electron chi connectivity index (χ2n) is 7.02. The number of carbonyl (C=O) groups is 3. The van der Waals surface area contributed by atoms with Gasteiger partial charge in [0.15, 0.2) is 17.3 Å². The zero-order chi connectivity index (χ0) is 22.0. The molecule has 0 saturated heterocycles. The van der Waals surface area contributed by atoms with E-state index >= 15 is 0 Å². The lowest BCUT2D eigenvalue weighted by atomic mass is 9.89. The van der Waals surface area contributed by atoms with Gasteiger partial charge < -0.3 is 4.74 Å². The topological polar surface area (TPSA) is 88.4 Å². The molecule has 2 aliphatic rings. The number of dihydropyridines is 1. The monoisotopic (exact) mass is 449 g/mol. The summed E-state index contributed by atoms with van der Waals surface area (Å²) in [5.41, 5.74) is 1.23. The van der Waals surface area contributed by atoms with Crippen molar-refractivity contribution in [2.45, 2.75) is 40.0 Å². The molecular formula is C21H21Cl2N3O4. The number of Topliss-reactive ketones (excluding diaryl/α,β-unsaturated/α-hetero) is 2. The van der Waals surface area contributed by atoms with Crippen LogP contribution in [0.25, 0.3) is 0 Å². The number of ether oxygens (including phenoxy) is 1. The van der Waals surface area contributed by atoms with Crippen molar-refractivity contribution in [1.29, 1.82) is 0 Å². The van der Waals surface area contributed by atoms with Crippen LogP contribution in [0.5, 0.6) is 5.75 Å². The molecule has 30 heavy (non-hydrogen) atoms. The number of rotatable bonds is 5. The third-order valence-corrected chi connectivity index (χ3v) is 5.60. The van der Waals surface area contributed by atoms with E-state index in [1.165, 1.54) is 19.1 Å². The zero-order valence-electron chi connectivity index (χ0n) is 16.9. The van der Waals surface area contributed by atoms with E-state index < -0.39 is 5.91 Å². The van der Waals surface area contributed by atoms with Crippen LogP contribution in [-0.4, -0.2) is 35.6 Å². The van der Waals surface area contributed by atoms with Gasteiger partial charge in [0.2, 0.25) is 5.90 Å². The minimum absolute atomic E-state index is 0.00921. The van der Waals surface area contributed by atoms with Crippen LogP contribution in [0.1, 0.15) is 40.0 Å². The first kappa shape index (κ1) is 22.2. The van der Waals surface area contributed by atoms with Gasteiger partial charge >= 0.3 is 0 Å². The number of hydrogen-bond donors (Lipinski definition) is 0. The summed E-state index contributed by atoms with van der Waals surface area (Å²) in [6.07, 6.45) is 3.04. The molecular weight excluding hydrogens is 429 g/mol. The molecule has 1 amide bonds. The van der Waals surface area contributed by atoms with E-state index in [1.54, 1.807) is 6.08 Å². The molecule has 0 atom stereocenters. The molecule has 1 aromatic carbocycles. The molecule has 158 valence electrons. The third-order valence-electron chi connectivity index (χ3n) is 5.04. The van der Waals surface area contributed by atoms with Gasteiger partial charge in [-0.1, -0.05) is 37.0 Å². The molecule has 9 heteroatoms. The standard InChI is InChI=1S/C21H21Cl2N3O4/c1-4-12(5-2)14-8-19(24-10-18(14)28)30-21-15(22)6-13(7-16(21)23)26-20(29)9-17(27)11(3)25-26/h6-8,12H,4-5,9-10H2,1-3H3. The van der Waals surface area contributed by atoms with Crippen LogP contribution in [0.2, 0.25) is 10.0 Å². The number of hydrogen-bond acceptors (Lipinski definition) is 6. The molecule has 0 unspecified atom stereocenters. The predicted octanol–water partition coefficient (Wildman–Crippen LogP) is 4.40. The molecule has 2 heterocycles. The average Bonchev–Trinajstić information content (AvgIpc) is 2.70. The highest BCUT2D eigenvalue weighted by Crippen LogP contribution is 2.38. The average molecular weight is 450 g/mol. The highest BCUT2D eigenvalue weighted by molar-refractivity contribution is 6.44. The Balaban J connectivity index is 1.89. The minimum Gasteiger partial charge on any atom is -0.436 e. The van der Waals surface area contributed by atoms with Crippen LogP contribution in [0, 0.1) is 5.92 Å². The van der Waals surface area contributed by atoms with Crippen LogP contribution in [0.15, 0.2) is 33.9 Å². The van der Waals surface area contributed by atoms with E-state index in [-0.39, 0.29) is 57.9 Å². The van der Waals surface area contributed by atoms with Gasteiger partial charge in [0, 0.05) is 11.6 Å². The smallest absolute Gasteiger partial charge is 0.255 e. The van der Waals surface area contributed by atoms with Crippen molar-refractivity contribution in [2.24, 2.45) is 16.0 Å². The van der Waals surface area contributed by atoms with Crippen molar-refractivity contribution in [1.82, 2.24) is 0 Å². The largest absolute Gasteiger partial charge is 0.436 e. The molecule has 0 fully saturated rings. The van der Waals surface area contributed by atoms with E-state index in [1.807, 2.05) is 13.8 Å². The van der Waals surface area contributed by atoms with E-state index in [2.05, 4.69) is 10.1 Å². The maximum atomic E-state index is 12.2. The second-order valence-corrected chi connectivity index (χ2v) is 7.84. The number of hydrazone groups is 1. The van der Waals surface area contributed by atoms with E-state index in [4.69, 9.17) is 27.9 Å². The van der Waals surface area contributed by atoms with Crippen molar-refractivity contribution < 1.29 is 19.1 Å². The number of ketones is 2. The molecule has 7 nitrogen and oxygen atoms in total. The Bertz CT molecular complexity index is 986. The maximum Gasteiger partial charge on any atom is 0.255 e. The molecule has 1 aromatic rings. The predicted molar refractivity (Wildman–Crippen MR) is 117 cm³/mol. The Morgan fingerprint density at radius 3 is 2.33 bits per heavy atom. The number of carbonyl (C=O) groups excluding carboxylic acids is 3. The lowest BCUT2D eigenvalue weighted by Crippen LogP contribution is -2.36. The molecule has 0 N–H and O–H groups in total. The SMILES string of the molecule is CCC(CC)C1=CC(Oc2c(Cl)cc(N3N=C(C)C(=O)CC3=O)cc2Cl)=NCC1=O. The molecule has 0 saturated carbocycles. The first-order valence-electron chi connectivity index (χ1n) is 9.62. The molecule has 0 radical (unpaired) electrons. The summed E-state index contributed by atoms with van der Waals surface area (Å²) >= 11 is 12.7. The highest BCUT2D eigenvalue weighted by Gasteiger charge is 2.28.